The van der Waals surface area contributed by atoms with E-state index in [1.165, 1.54) is 0 Å². The highest BCUT2D eigenvalue weighted by Gasteiger charge is 2.28. The van der Waals surface area contributed by atoms with Crippen LogP contribution < -0.4 is 10.0 Å². The van der Waals surface area contributed by atoms with Gasteiger partial charge in [0.25, 0.3) is 0 Å². The first-order valence-electron chi connectivity index (χ1n) is 8.29. The van der Waals surface area contributed by atoms with Gasteiger partial charge in [0.1, 0.15) is 6.07 Å². The Morgan fingerprint density at radius 1 is 1.31 bits per heavy atom. The van der Waals surface area contributed by atoms with Gasteiger partial charge in [0.2, 0.25) is 10.0 Å². The number of anilines is 1. The van der Waals surface area contributed by atoms with E-state index in [4.69, 9.17) is 5.14 Å². The number of hydrogen-bond donors (Lipinski definition) is 1. The number of benzene rings is 1. The summed E-state index contributed by atoms with van der Waals surface area (Å²) in [4.78, 5) is 2.34. The van der Waals surface area contributed by atoms with Crippen LogP contribution in [0.15, 0.2) is 53.7 Å². The fraction of sp³-hybridized carbons (Fsp3) is 0.211. The van der Waals surface area contributed by atoms with Crippen LogP contribution in [-0.4, -0.2) is 18.9 Å². The highest BCUT2D eigenvalue weighted by molar-refractivity contribution is 7.89. The van der Waals surface area contributed by atoms with Crippen molar-refractivity contribution in [3.63, 3.8) is 0 Å². The molecule has 0 saturated heterocycles. The number of aromatic nitrogens is 1. The highest BCUT2D eigenvalue weighted by atomic mass is 32.2. The Hall–Kier alpha value is -2.82. The molecule has 0 bridgehead atoms. The Kier molecular flexibility index (Phi) is 3.75. The summed E-state index contributed by atoms with van der Waals surface area (Å²) in [6.45, 7) is 2.69. The molecular formula is C19H18N4O2S. The smallest absolute Gasteiger partial charge is 0.238 e. The molecule has 0 fully saturated rings. The van der Waals surface area contributed by atoms with Gasteiger partial charge in [0, 0.05) is 36.2 Å². The summed E-state index contributed by atoms with van der Waals surface area (Å²) in [5.41, 5.74) is 4.47. The lowest BCUT2D eigenvalue weighted by Gasteiger charge is -2.24. The molecule has 0 spiro atoms. The molecule has 1 aromatic carbocycles. The van der Waals surface area contributed by atoms with Gasteiger partial charge in [-0.05, 0) is 49.2 Å². The molecule has 4 rings (SSSR count). The minimum atomic E-state index is -3.71. The van der Waals surface area contributed by atoms with Gasteiger partial charge in [-0.1, -0.05) is 6.07 Å². The number of nitrogens with zero attached hydrogens (tertiary/aromatic N) is 3. The summed E-state index contributed by atoms with van der Waals surface area (Å²) in [7, 11) is -3.71. The Morgan fingerprint density at radius 2 is 2.12 bits per heavy atom. The molecule has 0 unspecified atom stereocenters. The first-order chi connectivity index (χ1) is 12.4. The molecule has 1 atom stereocenters. The third-order valence-corrected chi connectivity index (χ3v) is 5.86. The molecular weight excluding hydrogens is 348 g/mol. The molecule has 3 heterocycles. The zero-order valence-corrected chi connectivity index (χ0v) is 15.1. The Bertz CT molecular complexity index is 1160. The van der Waals surface area contributed by atoms with Crippen LogP contribution in [0.4, 0.5) is 5.69 Å². The second kappa shape index (κ2) is 5.87. The average molecular weight is 366 g/mol. The number of pyridine rings is 1. The molecule has 0 saturated carbocycles. The van der Waals surface area contributed by atoms with Gasteiger partial charge in [0.05, 0.1) is 16.0 Å². The van der Waals surface area contributed by atoms with Gasteiger partial charge >= 0.3 is 0 Å². The minimum Gasteiger partial charge on any atom is -0.364 e. The van der Waals surface area contributed by atoms with Crippen LogP contribution in [-0.2, 0) is 23.0 Å². The van der Waals surface area contributed by atoms with Crippen molar-refractivity contribution in [3.05, 3.63) is 65.5 Å². The van der Waals surface area contributed by atoms with Crippen LogP contribution in [0.1, 0.15) is 23.6 Å². The van der Waals surface area contributed by atoms with Crippen LogP contribution in [0, 0.1) is 11.3 Å². The average Bonchev–Trinajstić information content (AvgIpc) is 3.11. The first-order valence-corrected chi connectivity index (χ1v) is 9.84. The zero-order chi connectivity index (χ0) is 18.5. The molecule has 0 radical (unpaired) electrons. The van der Waals surface area contributed by atoms with Crippen molar-refractivity contribution in [2.75, 3.05) is 4.90 Å². The number of nitriles is 1. The van der Waals surface area contributed by atoms with Crippen molar-refractivity contribution in [1.82, 2.24) is 4.40 Å². The van der Waals surface area contributed by atoms with Crippen LogP contribution >= 0.6 is 0 Å². The summed E-state index contributed by atoms with van der Waals surface area (Å²) >= 11 is 0. The molecule has 1 aliphatic heterocycles. The van der Waals surface area contributed by atoms with E-state index in [0.717, 1.165) is 28.8 Å². The van der Waals surface area contributed by atoms with E-state index in [1.807, 2.05) is 35.0 Å². The normalized spacial score (nSPS) is 16.7. The number of primary sulfonamides is 1. The van der Waals surface area contributed by atoms with Gasteiger partial charge in [-0.2, -0.15) is 5.26 Å². The third kappa shape index (κ3) is 2.64. The number of rotatable bonds is 3. The maximum absolute atomic E-state index is 11.6. The van der Waals surface area contributed by atoms with Crippen LogP contribution in [0.3, 0.4) is 0 Å². The third-order valence-electron chi connectivity index (χ3n) is 4.95. The summed E-state index contributed by atoms with van der Waals surface area (Å²) in [6.07, 6.45) is 4.66. The van der Waals surface area contributed by atoms with E-state index in [-0.39, 0.29) is 10.9 Å². The Labute approximate surface area is 152 Å². The fourth-order valence-electron chi connectivity index (χ4n) is 3.70. The van der Waals surface area contributed by atoms with E-state index in [2.05, 4.69) is 17.9 Å². The van der Waals surface area contributed by atoms with E-state index < -0.39 is 10.0 Å². The topological polar surface area (TPSA) is 91.6 Å². The lowest BCUT2D eigenvalue weighted by Crippen LogP contribution is -2.28. The van der Waals surface area contributed by atoms with Crippen molar-refractivity contribution in [3.8, 4) is 6.07 Å². The molecule has 132 valence electrons. The predicted octanol–water partition coefficient (Wildman–Crippen LogP) is 2.41. The fourth-order valence-corrected chi connectivity index (χ4v) is 4.26. The number of sulfonamides is 1. The number of fused-ring (bicyclic) bond motifs is 2. The van der Waals surface area contributed by atoms with Gasteiger partial charge in [-0.25, -0.2) is 13.6 Å². The van der Waals surface area contributed by atoms with Gasteiger partial charge in [-0.15, -0.1) is 0 Å². The van der Waals surface area contributed by atoms with Crippen LogP contribution in [0.25, 0.3) is 5.52 Å². The summed E-state index contributed by atoms with van der Waals surface area (Å²) in [6, 6.07) is 13.3. The molecule has 26 heavy (non-hydrogen) atoms. The quantitative estimate of drug-likeness (QED) is 0.770. The van der Waals surface area contributed by atoms with E-state index >= 15 is 0 Å². The molecule has 2 N–H and O–H groups in total. The van der Waals surface area contributed by atoms with Crippen molar-refractivity contribution in [2.45, 2.75) is 30.8 Å². The Morgan fingerprint density at radius 3 is 2.85 bits per heavy atom. The zero-order valence-electron chi connectivity index (χ0n) is 14.3. The van der Waals surface area contributed by atoms with Crippen LogP contribution in [0.5, 0.6) is 0 Å². The highest BCUT2D eigenvalue weighted by Crippen LogP contribution is 2.35. The molecule has 3 aromatic rings. The van der Waals surface area contributed by atoms with Crippen molar-refractivity contribution >= 4 is 21.2 Å². The van der Waals surface area contributed by atoms with Crippen molar-refractivity contribution in [1.29, 1.82) is 5.26 Å². The van der Waals surface area contributed by atoms with Crippen LogP contribution in [0.2, 0.25) is 0 Å². The number of nitrogens with two attached hydrogens (primary N) is 1. The van der Waals surface area contributed by atoms with Gasteiger partial charge in [-0.3, -0.25) is 0 Å². The molecule has 2 aromatic heterocycles. The SMILES string of the molecule is C[C@@H]1Cc2cc(S(N)(=O)=O)ccc2N1Cc1cn2ccccc2c1C#N. The van der Waals surface area contributed by atoms with Crippen molar-refractivity contribution in [2.24, 2.45) is 5.14 Å². The van der Waals surface area contributed by atoms with Crippen molar-refractivity contribution < 1.29 is 8.42 Å². The van der Waals surface area contributed by atoms with Gasteiger partial charge < -0.3 is 9.30 Å². The standard InChI is InChI=1S/C19H18N4O2S/c1-13-8-14-9-16(26(21,24)25)5-6-18(14)23(13)12-15-11-22-7-3-2-4-19(22)17(15)10-20/h2-7,9,11,13H,8,12H2,1H3,(H2,21,24,25)/t13-/m1/s1. The summed E-state index contributed by atoms with van der Waals surface area (Å²) < 4.78 is 25.1. The first kappa shape index (κ1) is 16.6. The van der Waals surface area contributed by atoms with E-state index in [0.29, 0.717) is 12.1 Å². The molecule has 7 heteroatoms. The number of hydrogen-bond acceptors (Lipinski definition) is 4. The lowest BCUT2D eigenvalue weighted by atomic mass is 10.1. The monoisotopic (exact) mass is 366 g/mol. The largest absolute Gasteiger partial charge is 0.364 e. The second-order valence-corrected chi connectivity index (χ2v) is 8.21. The second-order valence-electron chi connectivity index (χ2n) is 6.65. The minimum absolute atomic E-state index is 0.137. The molecule has 6 nitrogen and oxygen atoms in total. The molecule has 1 aliphatic rings. The maximum Gasteiger partial charge on any atom is 0.238 e. The van der Waals surface area contributed by atoms with E-state index in [9.17, 15) is 13.7 Å². The Balaban J connectivity index is 1.74. The summed E-state index contributed by atoms with van der Waals surface area (Å²) in [5.74, 6) is 0. The summed E-state index contributed by atoms with van der Waals surface area (Å²) in [5, 5.41) is 14.8. The predicted molar refractivity (Wildman–Crippen MR) is 99.3 cm³/mol. The van der Waals surface area contributed by atoms with E-state index in [1.54, 1.807) is 18.2 Å². The maximum atomic E-state index is 11.6. The lowest BCUT2D eigenvalue weighted by molar-refractivity contribution is 0.597. The molecule has 0 aliphatic carbocycles. The molecule has 0 amide bonds. The van der Waals surface area contributed by atoms with Gasteiger partial charge in [0.15, 0.2) is 0 Å².